The lowest BCUT2D eigenvalue weighted by atomic mass is 10.1. The molecular weight excluding hydrogens is 1290 g/mol. The second-order valence-corrected chi connectivity index (χ2v) is 41.3. The van der Waals surface area contributed by atoms with Gasteiger partial charge in [-0.15, -0.1) is 0 Å². The van der Waals surface area contributed by atoms with E-state index in [1.807, 2.05) is 39.8 Å². The van der Waals surface area contributed by atoms with Gasteiger partial charge in [0.05, 0.1) is 14.7 Å². The average molecular weight is 1320 g/mol. The third-order valence-electron chi connectivity index (χ3n) is 6.24. The van der Waals surface area contributed by atoms with Crippen LogP contribution < -0.4 is 5.32 Å². The zero-order valence-electron chi connectivity index (χ0n) is 25.9. The Hall–Kier alpha value is 1.30. The molecule has 0 heterocycles. The molecular formula is C29H30Br9NO7S3. The SMILES string of the molecule is CCC(CC)NC(=O)c1cccc(S(=O)(=O)C(Br)(Br)Br)c1.Cc1cccc(S(=O)(=O)C(Br)(Br)Br)c1.Cc1cccc(S(=O)(=O)C(Br)(Br)Br)c1. The van der Waals surface area contributed by atoms with Gasteiger partial charge in [-0.2, -0.15) is 0 Å². The van der Waals surface area contributed by atoms with Crippen molar-refractivity contribution in [2.24, 2.45) is 0 Å². The first-order valence-corrected chi connectivity index (χ1v) is 25.2. The van der Waals surface area contributed by atoms with Crippen LogP contribution in [0.2, 0.25) is 0 Å². The molecule has 49 heavy (non-hydrogen) atoms. The number of carbonyl (C=O) groups is 1. The van der Waals surface area contributed by atoms with Gasteiger partial charge in [-0.25, -0.2) is 25.3 Å². The Balaban J connectivity index is 0.000000380. The summed E-state index contributed by atoms with van der Waals surface area (Å²) in [5.41, 5.74) is 2.13. The molecule has 0 unspecified atom stereocenters. The minimum absolute atomic E-state index is 0.0466. The Bertz CT molecular complexity index is 1830. The van der Waals surface area contributed by atoms with E-state index in [0.29, 0.717) is 5.56 Å². The number of halogens is 9. The highest BCUT2D eigenvalue weighted by molar-refractivity contribution is 9.43. The zero-order valence-corrected chi connectivity index (χ0v) is 42.6. The van der Waals surface area contributed by atoms with Crippen LogP contribution in [0.15, 0.2) is 87.5 Å². The number of aryl methyl sites for hydroxylation is 2. The summed E-state index contributed by atoms with van der Waals surface area (Å²) in [5.74, 6) is -0.273. The largest absolute Gasteiger partial charge is 0.349 e. The molecule has 0 spiro atoms. The van der Waals surface area contributed by atoms with Crippen LogP contribution in [0.25, 0.3) is 0 Å². The number of nitrogens with one attached hydrogen (secondary N) is 1. The second kappa shape index (κ2) is 19.8. The van der Waals surface area contributed by atoms with Gasteiger partial charge in [0.2, 0.25) is 33.9 Å². The standard InChI is InChI=1S/C13H16Br3NO3S.2C8H7Br3O2S/c1-3-10(4-2)17-12(18)9-6-5-7-11(8-9)21(19,20)13(14,15)16;2*1-6-3-2-4-7(5-6)14(12,13)8(9,10)11/h5-8,10H,3-4H2,1-2H3,(H,17,18);2*2-5H,1H3. The van der Waals surface area contributed by atoms with Crippen molar-refractivity contribution in [1.82, 2.24) is 5.32 Å². The van der Waals surface area contributed by atoms with Gasteiger partial charge in [-0.05, 0) is 224 Å². The molecule has 274 valence electrons. The molecule has 0 atom stereocenters. The Morgan fingerprint density at radius 3 is 1.16 bits per heavy atom. The number of hydrogen-bond donors (Lipinski definition) is 1. The maximum Gasteiger partial charge on any atom is 0.251 e. The van der Waals surface area contributed by atoms with Crippen LogP contribution in [0.1, 0.15) is 48.2 Å². The first-order valence-electron chi connectivity index (χ1n) is 13.6. The summed E-state index contributed by atoms with van der Waals surface area (Å²) in [7, 11) is -10.6. The Morgan fingerprint density at radius 2 is 0.878 bits per heavy atom. The molecule has 0 radical (unpaired) electrons. The van der Waals surface area contributed by atoms with Crippen molar-refractivity contribution < 1.29 is 30.0 Å². The number of carbonyl (C=O) groups excluding carboxylic acids is 1. The third kappa shape index (κ3) is 14.1. The molecule has 0 saturated heterocycles. The summed E-state index contributed by atoms with van der Waals surface area (Å²) >= 11 is 27.1. The van der Waals surface area contributed by atoms with Crippen LogP contribution in [-0.2, 0) is 29.5 Å². The molecule has 3 aromatic rings. The normalized spacial score (nSPS) is 12.7. The molecule has 1 amide bonds. The summed E-state index contributed by atoms with van der Waals surface area (Å²) in [6.07, 6.45) is 1.65. The molecule has 20 heteroatoms. The monoisotopic (exact) mass is 1310 g/mol. The highest BCUT2D eigenvalue weighted by Gasteiger charge is 2.39. The lowest BCUT2D eigenvalue weighted by molar-refractivity contribution is 0.0934. The molecule has 0 aliphatic heterocycles. The van der Waals surface area contributed by atoms with Crippen molar-refractivity contribution in [3.63, 3.8) is 0 Å². The summed E-state index contributed by atoms with van der Waals surface area (Å²) in [4.78, 5) is 12.7. The molecule has 0 saturated carbocycles. The van der Waals surface area contributed by atoms with Crippen LogP contribution in [0.5, 0.6) is 0 Å². The van der Waals surface area contributed by atoms with Crippen LogP contribution in [-0.4, -0.2) is 41.6 Å². The van der Waals surface area contributed by atoms with E-state index in [1.165, 1.54) is 12.1 Å². The van der Waals surface area contributed by atoms with E-state index in [1.54, 1.807) is 48.5 Å². The van der Waals surface area contributed by atoms with Gasteiger partial charge >= 0.3 is 0 Å². The molecule has 8 nitrogen and oxygen atoms in total. The molecule has 3 rings (SSSR count). The highest BCUT2D eigenvalue weighted by atomic mass is 80.0. The molecule has 0 fully saturated rings. The molecule has 0 aliphatic carbocycles. The van der Waals surface area contributed by atoms with Gasteiger partial charge < -0.3 is 5.32 Å². The number of rotatable bonds is 7. The van der Waals surface area contributed by atoms with Gasteiger partial charge in [0.1, 0.15) is 0 Å². The fraction of sp³-hybridized carbons (Fsp3) is 0.345. The summed E-state index contributed by atoms with van der Waals surface area (Å²) < 4.78 is 68.0. The Labute approximate surface area is 364 Å². The smallest absolute Gasteiger partial charge is 0.251 e. The van der Waals surface area contributed by atoms with Crippen molar-refractivity contribution in [2.75, 3.05) is 0 Å². The Morgan fingerprint density at radius 1 is 0.571 bits per heavy atom. The van der Waals surface area contributed by atoms with E-state index in [2.05, 4.69) is 149 Å². The topological polar surface area (TPSA) is 132 Å². The van der Waals surface area contributed by atoms with Gasteiger partial charge in [-0.1, -0.05) is 44.2 Å². The predicted molar refractivity (Wildman–Crippen MR) is 231 cm³/mol. The number of amides is 1. The third-order valence-corrected chi connectivity index (χ3v) is 22.2. The number of sulfone groups is 3. The lowest BCUT2D eigenvalue weighted by Crippen LogP contribution is -2.33. The number of benzene rings is 3. The van der Waals surface area contributed by atoms with Crippen molar-refractivity contribution in [1.29, 1.82) is 0 Å². The van der Waals surface area contributed by atoms with E-state index in [9.17, 15) is 30.0 Å². The maximum absolute atomic E-state index is 12.3. The second-order valence-electron chi connectivity index (χ2n) is 10.00. The average Bonchev–Trinajstić information content (AvgIpc) is 2.98. The lowest BCUT2D eigenvalue weighted by Gasteiger charge is -2.16. The van der Waals surface area contributed by atoms with Crippen LogP contribution >= 0.6 is 143 Å². The van der Waals surface area contributed by atoms with Gasteiger partial charge in [0.15, 0.2) is 0 Å². The fourth-order valence-electron chi connectivity index (χ4n) is 3.53. The number of hydrogen-bond acceptors (Lipinski definition) is 7. The maximum atomic E-state index is 12.3. The van der Waals surface area contributed by atoms with E-state index in [-0.39, 0.29) is 26.6 Å². The van der Waals surface area contributed by atoms with Crippen LogP contribution in [0.3, 0.4) is 0 Å². The summed E-state index contributed by atoms with van der Waals surface area (Å²) in [6, 6.07) is 19.5. The number of alkyl halides is 9. The van der Waals surface area contributed by atoms with Crippen molar-refractivity contribution in [3.8, 4) is 0 Å². The van der Waals surface area contributed by atoms with E-state index in [0.717, 1.165) is 24.0 Å². The minimum Gasteiger partial charge on any atom is -0.349 e. The van der Waals surface area contributed by atoms with Crippen molar-refractivity contribution in [2.45, 2.75) is 65.7 Å². The van der Waals surface area contributed by atoms with E-state index < -0.39 is 33.9 Å². The predicted octanol–water partition coefficient (Wildman–Crippen LogP) is 11.3. The zero-order chi connectivity index (χ0) is 38.2. The first-order chi connectivity index (χ1) is 22.1. The van der Waals surface area contributed by atoms with Gasteiger partial charge in [0.25, 0.3) is 5.91 Å². The minimum atomic E-state index is -3.70. The Kier molecular flexibility index (Phi) is 19.5. The summed E-state index contributed by atoms with van der Waals surface area (Å²) in [5, 5.41) is 2.88. The van der Waals surface area contributed by atoms with Crippen molar-refractivity contribution >= 4 is 179 Å². The molecule has 1 N–H and O–H groups in total. The van der Waals surface area contributed by atoms with E-state index in [4.69, 9.17) is 0 Å². The quantitative estimate of drug-likeness (QED) is 0.233. The van der Waals surface area contributed by atoms with Crippen LogP contribution in [0.4, 0.5) is 0 Å². The first kappa shape index (κ1) is 48.3. The highest BCUT2D eigenvalue weighted by Crippen LogP contribution is 2.45. The van der Waals surface area contributed by atoms with E-state index >= 15 is 0 Å². The molecule has 3 aromatic carbocycles. The van der Waals surface area contributed by atoms with Gasteiger partial charge in [0, 0.05) is 11.6 Å². The summed E-state index contributed by atoms with van der Waals surface area (Å²) in [6.45, 7) is 7.67. The fourth-order valence-corrected chi connectivity index (χ4v) is 11.1. The molecule has 0 aromatic heterocycles. The van der Waals surface area contributed by atoms with Crippen molar-refractivity contribution in [3.05, 3.63) is 89.5 Å². The molecule has 0 aliphatic rings. The molecule has 0 bridgehead atoms. The van der Waals surface area contributed by atoms with Crippen LogP contribution in [0, 0.1) is 13.8 Å². The van der Waals surface area contributed by atoms with Gasteiger partial charge in [-0.3, -0.25) is 4.79 Å².